The number of ether oxygens (including phenoxy) is 1. The molecule has 1 saturated carbocycles. The van der Waals surface area contributed by atoms with E-state index < -0.39 is 74.7 Å². The quantitative estimate of drug-likeness (QED) is 0.266. The van der Waals surface area contributed by atoms with Crippen molar-refractivity contribution in [1.29, 1.82) is 0 Å². The summed E-state index contributed by atoms with van der Waals surface area (Å²) in [6, 6.07) is 6.00. The van der Waals surface area contributed by atoms with E-state index in [9.17, 15) is 37.5 Å². The first kappa shape index (κ1) is 32.4. The molecule has 2 aliphatic heterocycles. The van der Waals surface area contributed by atoms with Gasteiger partial charge in [0.15, 0.2) is 27.1 Å². The second-order valence-corrected chi connectivity index (χ2v) is 13.3. The number of fused-ring (bicyclic) bond motifs is 4. The lowest BCUT2D eigenvalue weighted by Crippen LogP contribution is -2.60. The number of carbonyl (C=O) groups excluding carboxylic acids is 4. The summed E-state index contributed by atoms with van der Waals surface area (Å²) in [4.78, 5) is 55.6. The molecule has 3 fully saturated rings. The fourth-order valence-corrected chi connectivity index (χ4v) is 8.54. The van der Waals surface area contributed by atoms with E-state index in [2.05, 4.69) is 4.98 Å². The summed E-state index contributed by atoms with van der Waals surface area (Å²) in [5, 5.41) is 11.7. The number of hydrogen-bond acceptors (Lipinski definition) is 8. The normalized spacial score (nSPS) is 30.7. The number of aromatic nitrogens is 1. The molecule has 10 nitrogen and oxygen atoms in total. The number of phenols is 1. The van der Waals surface area contributed by atoms with Gasteiger partial charge in [0, 0.05) is 20.0 Å². The summed E-state index contributed by atoms with van der Waals surface area (Å²) < 4.78 is 46.0. The van der Waals surface area contributed by atoms with E-state index in [1.165, 1.54) is 32.3 Å². The topological polar surface area (TPSA) is 120 Å². The number of nitrogens with zero attached hydrogens (tertiary/aromatic N) is 4. The summed E-state index contributed by atoms with van der Waals surface area (Å²) in [7, 11) is 2.45. The van der Waals surface area contributed by atoms with E-state index in [-0.39, 0.29) is 36.0 Å². The predicted octanol–water partition coefficient (Wildman–Crippen LogP) is 4.90. The highest BCUT2D eigenvalue weighted by atomic mass is 35.5. The van der Waals surface area contributed by atoms with Crippen LogP contribution in [0.4, 0.5) is 19.0 Å². The maximum absolute atomic E-state index is 14.2. The van der Waals surface area contributed by atoms with Crippen LogP contribution in [0.1, 0.15) is 36.9 Å². The maximum atomic E-state index is 14.2. The number of amides is 4. The molecule has 2 aliphatic carbocycles. The van der Waals surface area contributed by atoms with Gasteiger partial charge in [-0.15, -0.1) is 23.2 Å². The van der Waals surface area contributed by atoms with Gasteiger partial charge in [0.1, 0.15) is 5.69 Å². The van der Waals surface area contributed by atoms with Crippen molar-refractivity contribution in [2.45, 2.75) is 41.6 Å². The minimum absolute atomic E-state index is 0.0162. The highest BCUT2D eigenvalue weighted by Crippen LogP contribution is 2.65. The van der Waals surface area contributed by atoms with Crippen molar-refractivity contribution < 1.29 is 42.2 Å². The summed E-state index contributed by atoms with van der Waals surface area (Å²) >= 11 is 20.5. The average molecular weight is 702 g/mol. The van der Waals surface area contributed by atoms with Crippen LogP contribution in [0.5, 0.6) is 11.5 Å². The fourth-order valence-electron chi connectivity index (χ4n) is 7.29. The molecule has 4 amide bonds. The molecule has 16 heteroatoms. The summed E-state index contributed by atoms with van der Waals surface area (Å²) in [6.45, 7) is 1.91. The SMILES string of the molecule is CCOc1cc(C2C3=CCC4C(=O)N(N(C)c5nc(C(F)(F)F)ccc5Cl)C(=O)C4C3CC3(Cl)C(=O)N(C)C(=O)C23Cl)ccc1O. The van der Waals surface area contributed by atoms with Crippen molar-refractivity contribution in [3.05, 3.63) is 58.3 Å². The number of hydrazine groups is 1. The Hall–Kier alpha value is -3.55. The molecule has 2 aromatic rings. The van der Waals surface area contributed by atoms with E-state index in [0.29, 0.717) is 22.2 Å². The van der Waals surface area contributed by atoms with Gasteiger partial charge in [-0.1, -0.05) is 29.3 Å². The first-order chi connectivity index (χ1) is 21.5. The number of alkyl halides is 5. The molecule has 6 rings (SSSR count). The average Bonchev–Trinajstić information content (AvgIpc) is 3.32. The number of aromatic hydroxyl groups is 1. The molecule has 6 unspecified atom stereocenters. The monoisotopic (exact) mass is 700 g/mol. The van der Waals surface area contributed by atoms with Crippen LogP contribution in [0.2, 0.25) is 5.02 Å². The molecule has 3 heterocycles. The molecule has 1 aromatic heterocycles. The minimum Gasteiger partial charge on any atom is -0.504 e. The Morgan fingerprint density at radius 1 is 1.09 bits per heavy atom. The Morgan fingerprint density at radius 3 is 2.43 bits per heavy atom. The summed E-state index contributed by atoms with van der Waals surface area (Å²) in [5.74, 6) is -7.64. The van der Waals surface area contributed by atoms with Crippen LogP contribution in [0, 0.1) is 17.8 Å². The molecule has 4 aliphatic rings. The Morgan fingerprint density at radius 2 is 1.78 bits per heavy atom. The number of anilines is 1. The van der Waals surface area contributed by atoms with Crippen molar-refractivity contribution in [3.63, 3.8) is 0 Å². The van der Waals surface area contributed by atoms with Crippen LogP contribution in [-0.4, -0.2) is 74.1 Å². The van der Waals surface area contributed by atoms with Crippen molar-refractivity contribution in [2.75, 3.05) is 25.7 Å². The summed E-state index contributed by atoms with van der Waals surface area (Å²) in [5.41, 5.74) is -0.415. The van der Waals surface area contributed by atoms with Gasteiger partial charge in [0.05, 0.1) is 23.5 Å². The minimum atomic E-state index is -4.82. The fraction of sp³-hybridized carbons (Fsp3) is 0.433. The third-order valence-corrected chi connectivity index (χ3v) is 11.0. The summed E-state index contributed by atoms with van der Waals surface area (Å²) in [6.07, 6.45) is -3.39. The van der Waals surface area contributed by atoms with Crippen LogP contribution in [0.15, 0.2) is 42.0 Å². The van der Waals surface area contributed by atoms with Crippen molar-refractivity contribution in [2.24, 2.45) is 17.8 Å². The van der Waals surface area contributed by atoms with Crippen LogP contribution < -0.4 is 9.75 Å². The third kappa shape index (κ3) is 4.34. The zero-order chi connectivity index (χ0) is 33.7. The van der Waals surface area contributed by atoms with Crippen LogP contribution in [0.25, 0.3) is 0 Å². The molecule has 0 radical (unpaired) electrons. The molecular formula is C30H26Cl3F3N4O6. The van der Waals surface area contributed by atoms with Gasteiger partial charge in [-0.3, -0.25) is 29.1 Å². The Kier molecular flexibility index (Phi) is 7.57. The molecule has 0 spiro atoms. The number of imide groups is 2. The number of likely N-dealkylation sites (tertiary alicyclic amines) is 1. The number of carbonyl (C=O) groups is 4. The number of phenolic OH excluding ortho intramolecular Hbond substituents is 1. The van der Waals surface area contributed by atoms with Gasteiger partial charge in [0.2, 0.25) is 0 Å². The van der Waals surface area contributed by atoms with Crippen LogP contribution >= 0.6 is 34.8 Å². The maximum Gasteiger partial charge on any atom is 0.433 e. The molecule has 46 heavy (non-hydrogen) atoms. The molecule has 6 atom stereocenters. The van der Waals surface area contributed by atoms with Gasteiger partial charge >= 0.3 is 6.18 Å². The number of pyridine rings is 1. The smallest absolute Gasteiger partial charge is 0.433 e. The standard InChI is InChI=1S/C30H26Cl3F3N4O6/c1-4-46-19-11-13(5-9-18(19)41)22-14-6-7-15-21(16(14)12-28(32)26(44)38(2)27(45)29(22,28)33)25(43)40(24(15)42)39(3)23-17(31)8-10-20(37-23)30(34,35)36/h5-6,8-11,15-16,21-22,41H,4,7,12H2,1-3H3. The number of benzene rings is 1. The molecule has 1 aromatic carbocycles. The second-order valence-electron chi connectivity index (χ2n) is 11.7. The van der Waals surface area contributed by atoms with E-state index in [4.69, 9.17) is 39.5 Å². The van der Waals surface area contributed by atoms with E-state index in [1.54, 1.807) is 13.0 Å². The zero-order valence-corrected chi connectivity index (χ0v) is 26.7. The number of hydrogen-bond donors (Lipinski definition) is 1. The van der Waals surface area contributed by atoms with Crippen LogP contribution in [-0.2, 0) is 25.4 Å². The Labute approximate surface area is 275 Å². The first-order valence-electron chi connectivity index (χ1n) is 14.2. The van der Waals surface area contributed by atoms with Crippen molar-refractivity contribution in [1.82, 2.24) is 14.9 Å². The van der Waals surface area contributed by atoms with Gasteiger partial charge in [-0.05, 0) is 55.5 Å². The largest absolute Gasteiger partial charge is 0.504 e. The highest BCUT2D eigenvalue weighted by Gasteiger charge is 2.76. The molecule has 2 saturated heterocycles. The van der Waals surface area contributed by atoms with Gasteiger partial charge in [-0.2, -0.15) is 18.2 Å². The number of halogens is 6. The Bertz CT molecular complexity index is 1740. The molecular weight excluding hydrogens is 676 g/mol. The van der Waals surface area contributed by atoms with Gasteiger partial charge in [0.25, 0.3) is 23.6 Å². The number of rotatable bonds is 5. The molecule has 0 bridgehead atoms. The van der Waals surface area contributed by atoms with Crippen molar-refractivity contribution >= 4 is 64.2 Å². The lowest BCUT2D eigenvalue weighted by molar-refractivity contribution is -0.141. The third-order valence-electron chi connectivity index (χ3n) is 9.33. The first-order valence-corrected chi connectivity index (χ1v) is 15.3. The Balaban J connectivity index is 1.46. The number of allylic oxidation sites excluding steroid dienone is 2. The second kappa shape index (κ2) is 10.7. The highest BCUT2D eigenvalue weighted by molar-refractivity contribution is 6.53. The van der Waals surface area contributed by atoms with E-state index >= 15 is 0 Å². The lowest BCUT2D eigenvalue weighted by atomic mass is 9.56. The van der Waals surface area contributed by atoms with Crippen molar-refractivity contribution in [3.8, 4) is 11.5 Å². The van der Waals surface area contributed by atoms with E-state index in [0.717, 1.165) is 16.0 Å². The zero-order valence-electron chi connectivity index (χ0n) is 24.4. The van der Waals surface area contributed by atoms with E-state index in [1.807, 2.05) is 0 Å². The van der Waals surface area contributed by atoms with Crippen LogP contribution in [0.3, 0.4) is 0 Å². The van der Waals surface area contributed by atoms with Gasteiger partial charge < -0.3 is 9.84 Å². The predicted molar refractivity (Wildman–Crippen MR) is 159 cm³/mol. The molecule has 1 N–H and O–H groups in total. The molecule has 244 valence electrons. The lowest BCUT2D eigenvalue weighted by Gasteiger charge is -2.50. The van der Waals surface area contributed by atoms with Gasteiger partial charge in [-0.25, -0.2) is 4.98 Å².